The number of hydrogen-bond donors (Lipinski definition) is 1. The highest BCUT2D eigenvalue weighted by Gasteiger charge is 2.35. The lowest BCUT2D eigenvalue weighted by Gasteiger charge is -2.37. The van der Waals surface area contributed by atoms with Gasteiger partial charge < -0.3 is 5.32 Å². The summed E-state index contributed by atoms with van der Waals surface area (Å²) in [5.74, 6) is 0.629. The second kappa shape index (κ2) is 5.31. The fraction of sp³-hybridized carbons (Fsp3) is 0.571. The summed E-state index contributed by atoms with van der Waals surface area (Å²) in [6.07, 6.45) is -2.99. The van der Waals surface area contributed by atoms with Crippen molar-refractivity contribution in [3.63, 3.8) is 0 Å². The van der Waals surface area contributed by atoms with Crippen LogP contribution in [0.1, 0.15) is 37.8 Å². The molecule has 100 valence electrons. The van der Waals surface area contributed by atoms with Gasteiger partial charge in [0.15, 0.2) is 0 Å². The van der Waals surface area contributed by atoms with E-state index in [1.165, 1.54) is 0 Å². The third kappa shape index (κ3) is 3.73. The van der Waals surface area contributed by atoms with Gasteiger partial charge in [-0.2, -0.15) is 13.2 Å². The van der Waals surface area contributed by atoms with E-state index in [0.717, 1.165) is 18.4 Å². The molecule has 4 heteroatoms. The normalized spacial score (nSPS) is 25.6. The molecule has 1 fully saturated rings. The van der Waals surface area contributed by atoms with Crippen LogP contribution < -0.4 is 5.32 Å². The molecule has 1 aliphatic rings. The topological polar surface area (TPSA) is 12.0 Å². The zero-order chi connectivity index (χ0) is 13.2. The van der Waals surface area contributed by atoms with E-state index in [4.69, 9.17) is 0 Å². The molecule has 0 aliphatic heterocycles. The second-order valence-corrected chi connectivity index (χ2v) is 5.22. The molecule has 1 atom stereocenters. The van der Waals surface area contributed by atoms with E-state index >= 15 is 0 Å². The number of hydrogen-bond acceptors (Lipinski definition) is 1. The van der Waals surface area contributed by atoms with Crippen LogP contribution in [0, 0.1) is 5.92 Å². The van der Waals surface area contributed by atoms with Crippen LogP contribution in [0.2, 0.25) is 0 Å². The summed E-state index contributed by atoms with van der Waals surface area (Å²) in [5.41, 5.74) is 0.717. The van der Waals surface area contributed by atoms with Crippen molar-refractivity contribution in [1.82, 2.24) is 5.32 Å². The van der Waals surface area contributed by atoms with Crippen LogP contribution in [-0.4, -0.2) is 12.2 Å². The van der Waals surface area contributed by atoms with E-state index in [2.05, 4.69) is 12.2 Å². The van der Waals surface area contributed by atoms with Crippen molar-refractivity contribution in [1.29, 1.82) is 0 Å². The molecule has 0 saturated heterocycles. The van der Waals surface area contributed by atoms with Gasteiger partial charge in [-0.15, -0.1) is 0 Å². The zero-order valence-corrected chi connectivity index (χ0v) is 10.4. The first-order valence-electron chi connectivity index (χ1n) is 6.32. The Morgan fingerprint density at radius 2 is 1.83 bits per heavy atom. The summed E-state index contributed by atoms with van der Waals surface area (Å²) >= 11 is 0. The van der Waals surface area contributed by atoms with Gasteiger partial charge in [0.25, 0.3) is 0 Å². The molecular formula is C14H18F3N. The predicted molar refractivity (Wildman–Crippen MR) is 65.2 cm³/mol. The van der Waals surface area contributed by atoms with Crippen LogP contribution in [0.25, 0.3) is 0 Å². The third-order valence-electron chi connectivity index (χ3n) is 3.45. The number of rotatable bonds is 4. The SMILES string of the molecule is CC1CC(NC(CC(F)(F)F)c2ccccc2)C1. The fourth-order valence-corrected chi connectivity index (χ4v) is 2.51. The summed E-state index contributed by atoms with van der Waals surface area (Å²) in [6.45, 7) is 2.12. The number of halogens is 3. The van der Waals surface area contributed by atoms with Crippen LogP contribution in [0.15, 0.2) is 30.3 Å². The van der Waals surface area contributed by atoms with Gasteiger partial charge in [-0.1, -0.05) is 37.3 Å². The molecule has 1 aromatic carbocycles. The molecule has 1 aliphatic carbocycles. The average molecular weight is 257 g/mol. The first-order valence-corrected chi connectivity index (χ1v) is 6.32. The Morgan fingerprint density at radius 1 is 1.22 bits per heavy atom. The van der Waals surface area contributed by atoms with Gasteiger partial charge in [0, 0.05) is 12.1 Å². The largest absolute Gasteiger partial charge is 0.390 e. The van der Waals surface area contributed by atoms with Crippen LogP contribution in [0.5, 0.6) is 0 Å². The third-order valence-corrected chi connectivity index (χ3v) is 3.45. The molecule has 0 spiro atoms. The summed E-state index contributed by atoms with van der Waals surface area (Å²) in [4.78, 5) is 0. The number of nitrogens with one attached hydrogen (secondary N) is 1. The van der Waals surface area contributed by atoms with Gasteiger partial charge in [-0.25, -0.2) is 0 Å². The molecule has 1 nitrogen and oxygen atoms in total. The second-order valence-electron chi connectivity index (χ2n) is 5.22. The summed E-state index contributed by atoms with van der Waals surface area (Å²) in [6, 6.07) is 8.50. The molecule has 18 heavy (non-hydrogen) atoms. The van der Waals surface area contributed by atoms with E-state index in [9.17, 15) is 13.2 Å². The Hall–Kier alpha value is -1.03. The summed E-state index contributed by atoms with van der Waals surface area (Å²) < 4.78 is 37.8. The zero-order valence-electron chi connectivity index (χ0n) is 10.4. The fourth-order valence-electron chi connectivity index (χ4n) is 2.51. The molecule has 2 rings (SSSR count). The highest BCUT2D eigenvalue weighted by Crippen LogP contribution is 2.33. The highest BCUT2D eigenvalue weighted by molar-refractivity contribution is 5.19. The minimum absolute atomic E-state index is 0.229. The van der Waals surface area contributed by atoms with Crippen molar-refractivity contribution in [2.24, 2.45) is 5.92 Å². The lowest BCUT2D eigenvalue weighted by atomic mass is 9.81. The van der Waals surface area contributed by atoms with Gasteiger partial charge in [0.2, 0.25) is 0 Å². The Bertz CT molecular complexity index is 368. The van der Waals surface area contributed by atoms with Gasteiger partial charge in [0.05, 0.1) is 6.42 Å². The Morgan fingerprint density at radius 3 is 2.33 bits per heavy atom. The molecule has 0 heterocycles. The molecule has 0 bridgehead atoms. The molecular weight excluding hydrogens is 239 g/mol. The van der Waals surface area contributed by atoms with Crippen molar-refractivity contribution in [3.05, 3.63) is 35.9 Å². The van der Waals surface area contributed by atoms with Crippen molar-refractivity contribution in [2.45, 2.75) is 44.4 Å². The van der Waals surface area contributed by atoms with Crippen LogP contribution >= 0.6 is 0 Å². The Balaban J connectivity index is 2.03. The van der Waals surface area contributed by atoms with Crippen LogP contribution in [-0.2, 0) is 0 Å². The number of benzene rings is 1. The first-order chi connectivity index (χ1) is 8.44. The van der Waals surface area contributed by atoms with Crippen molar-refractivity contribution < 1.29 is 13.2 Å². The van der Waals surface area contributed by atoms with Crippen molar-refractivity contribution >= 4 is 0 Å². The molecule has 0 amide bonds. The minimum atomic E-state index is -4.14. The smallest absolute Gasteiger partial charge is 0.307 e. The lowest BCUT2D eigenvalue weighted by Crippen LogP contribution is -2.43. The molecule has 1 unspecified atom stereocenters. The lowest BCUT2D eigenvalue weighted by molar-refractivity contribution is -0.141. The monoisotopic (exact) mass is 257 g/mol. The highest BCUT2D eigenvalue weighted by atomic mass is 19.4. The van der Waals surface area contributed by atoms with E-state index < -0.39 is 18.6 Å². The maximum absolute atomic E-state index is 12.6. The minimum Gasteiger partial charge on any atom is -0.307 e. The quantitative estimate of drug-likeness (QED) is 0.857. The Kier molecular flexibility index (Phi) is 3.95. The van der Waals surface area contributed by atoms with Gasteiger partial charge in [-0.05, 0) is 24.3 Å². The molecule has 1 N–H and O–H groups in total. The van der Waals surface area contributed by atoms with E-state index in [1.807, 2.05) is 6.07 Å². The molecule has 0 aromatic heterocycles. The molecule has 0 radical (unpaired) electrons. The molecule has 1 saturated carbocycles. The Labute approximate surface area is 105 Å². The van der Waals surface area contributed by atoms with E-state index in [0.29, 0.717) is 5.92 Å². The maximum Gasteiger partial charge on any atom is 0.390 e. The van der Waals surface area contributed by atoms with Gasteiger partial charge >= 0.3 is 6.18 Å². The van der Waals surface area contributed by atoms with Gasteiger partial charge in [-0.3, -0.25) is 0 Å². The average Bonchev–Trinajstić information content (AvgIpc) is 2.25. The maximum atomic E-state index is 12.6. The standard InChI is InChI=1S/C14H18F3N/c1-10-7-12(8-10)18-13(9-14(15,16)17)11-5-3-2-4-6-11/h2-6,10,12-13,18H,7-9H2,1H3. The van der Waals surface area contributed by atoms with Crippen LogP contribution in [0.4, 0.5) is 13.2 Å². The van der Waals surface area contributed by atoms with Crippen molar-refractivity contribution in [3.8, 4) is 0 Å². The van der Waals surface area contributed by atoms with E-state index in [1.54, 1.807) is 24.3 Å². The summed E-state index contributed by atoms with van der Waals surface area (Å²) in [5, 5.41) is 3.14. The summed E-state index contributed by atoms with van der Waals surface area (Å²) in [7, 11) is 0. The van der Waals surface area contributed by atoms with Gasteiger partial charge in [0.1, 0.15) is 0 Å². The van der Waals surface area contributed by atoms with Crippen molar-refractivity contribution in [2.75, 3.05) is 0 Å². The van der Waals surface area contributed by atoms with E-state index in [-0.39, 0.29) is 6.04 Å². The first kappa shape index (κ1) is 13.4. The predicted octanol–water partition coefficient (Wildman–Crippen LogP) is 4.07. The number of alkyl halides is 3. The molecule has 1 aromatic rings. The van der Waals surface area contributed by atoms with Crippen LogP contribution in [0.3, 0.4) is 0 Å².